The monoisotopic (exact) mass is 235 g/mol. The highest BCUT2D eigenvalue weighted by molar-refractivity contribution is 9.09. The first-order valence-electron chi connectivity index (χ1n) is 4.18. The number of ether oxygens (including phenoxy) is 1. The summed E-state index contributed by atoms with van der Waals surface area (Å²) in [6, 6.07) is 0. The van der Waals surface area contributed by atoms with Gasteiger partial charge in [-0.05, 0) is 12.8 Å². The molecule has 3 nitrogen and oxygen atoms in total. The van der Waals surface area contributed by atoms with Crippen molar-refractivity contribution in [3.05, 3.63) is 0 Å². The van der Waals surface area contributed by atoms with Crippen LogP contribution >= 0.6 is 15.9 Å². The molecular formula is C8H14BrNO2. The first-order valence-corrected chi connectivity index (χ1v) is 5.30. The van der Waals surface area contributed by atoms with Crippen molar-refractivity contribution in [1.29, 1.82) is 0 Å². The molecule has 1 aliphatic heterocycles. The maximum atomic E-state index is 10.6. The first-order chi connectivity index (χ1) is 5.72. The Morgan fingerprint density at radius 2 is 2.25 bits per heavy atom. The lowest BCUT2D eigenvalue weighted by atomic mass is 10.2. The first kappa shape index (κ1) is 9.99. The molecule has 70 valence electrons. The average Bonchev–Trinajstić information content (AvgIpc) is 2.48. The molecule has 1 N–H and O–H groups in total. The van der Waals surface area contributed by atoms with Crippen LogP contribution in [0.15, 0.2) is 0 Å². The average molecular weight is 236 g/mol. The number of carbonyl (C=O) groups excluding carboxylic acids is 1. The fraction of sp³-hybridized carbons (Fsp3) is 0.875. The molecule has 4 heteroatoms. The normalized spacial score (nSPS) is 28.8. The predicted octanol–water partition coefficient (Wildman–Crippen LogP) is 1.06. The second-order valence-electron chi connectivity index (χ2n) is 3.05. The summed E-state index contributed by atoms with van der Waals surface area (Å²) >= 11 is 3.37. The number of carbonyl (C=O) groups is 1. The minimum atomic E-state index is 0.0147. The van der Waals surface area contributed by atoms with Crippen molar-refractivity contribution in [2.75, 3.05) is 11.9 Å². The van der Waals surface area contributed by atoms with Gasteiger partial charge in [-0.1, -0.05) is 15.9 Å². The number of hydrogen-bond donors (Lipinski definition) is 1. The van der Waals surface area contributed by atoms with Crippen molar-refractivity contribution in [2.24, 2.45) is 0 Å². The summed E-state index contributed by atoms with van der Waals surface area (Å²) in [6.45, 7) is 2.18. The minimum absolute atomic E-state index is 0.0147. The number of amides is 1. The molecule has 1 fully saturated rings. The maximum Gasteiger partial charge on any atom is 0.216 e. The molecule has 2 unspecified atom stereocenters. The summed E-state index contributed by atoms with van der Waals surface area (Å²) in [6.07, 6.45) is 2.70. The highest BCUT2D eigenvalue weighted by Crippen LogP contribution is 2.20. The molecule has 1 heterocycles. The van der Waals surface area contributed by atoms with E-state index >= 15 is 0 Å². The fourth-order valence-corrected chi connectivity index (χ4v) is 1.78. The summed E-state index contributed by atoms with van der Waals surface area (Å²) in [4.78, 5) is 10.6. The largest absolute Gasteiger partial charge is 0.372 e. The zero-order valence-corrected chi connectivity index (χ0v) is 8.76. The number of halogens is 1. The van der Waals surface area contributed by atoms with Gasteiger partial charge >= 0.3 is 0 Å². The minimum Gasteiger partial charge on any atom is -0.372 e. The Kier molecular flexibility index (Phi) is 4.01. The predicted molar refractivity (Wildman–Crippen MR) is 50.4 cm³/mol. The van der Waals surface area contributed by atoms with Crippen LogP contribution in [-0.4, -0.2) is 30.0 Å². The Labute approximate surface area is 81.0 Å². The van der Waals surface area contributed by atoms with Gasteiger partial charge in [-0.3, -0.25) is 4.79 Å². The SMILES string of the molecule is CC(=O)NCC1CCC(CBr)O1. The molecule has 1 saturated heterocycles. The van der Waals surface area contributed by atoms with Gasteiger partial charge in [0.15, 0.2) is 0 Å². The van der Waals surface area contributed by atoms with Crippen LogP contribution in [0.25, 0.3) is 0 Å². The summed E-state index contributed by atoms with van der Waals surface area (Å²) in [5.41, 5.74) is 0. The second-order valence-corrected chi connectivity index (χ2v) is 3.70. The molecule has 2 atom stereocenters. The smallest absolute Gasteiger partial charge is 0.216 e. The van der Waals surface area contributed by atoms with E-state index in [-0.39, 0.29) is 12.0 Å². The summed E-state index contributed by atoms with van der Waals surface area (Å²) in [7, 11) is 0. The van der Waals surface area contributed by atoms with Crippen LogP contribution in [0.2, 0.25) is 0 Å². The van der Waals surface area contributed by atoms with Crippen molar-refractivity contribution in [2.45, 2.75) is 32.0 Å². The van der Waals surface area contributed by atoms with Crippen LogP contribution in [-0.2, 0) is 9.53 Å². The van der Waals surface area contributed by atoms with Crippen molar-refractivity contribution in [1.82, 2.24) is 5.32 Å². The van der Waals surface area contributed by atoms with E-state index in [2.05, 4.69) is 21.2 Å². The Bertz CT molecular complexity index is 163. The van der Waals surface area contributed by atoms with E-state index in [4.69, 9.17) is 4.74 Å². The van der Waals surface area contributed by atoms with Crippen LogP contribution in [0.1, 0.15) is 19.8 Å². The van der Waals surface area contributed by atoms with E-state index in [9.17, 15) is 4.79 Å². The Morgan fingerprint density at radius 1 is 1.58 bits per heavy atom. The van der Waals surface area contributed by atoms with Gasteiger partial charge in [0.25, 0.3) is 0 Å². The lowest BCUT2D eigenvalue weighted by molar-refractivity contribution is -0.119. The number of nitrogens with one attached hydrogen (secondary N) is 1. The highest BCUT2D eigenvalue weighted by Gasteiger charge is 2.23. The summed E-state index contributed by atoms with van der Waals surface area (Å²) < 4.78 is 5.60. The fourth-order valence-electron chi connectivity index (χ4n) is 1.30. The molecule has 0 aromatic carbocycles. The summed E-state index contributed by atoms with van der Waals surface area (Å²) in [5, 5.41) is 3.65. The molecular weight excluding hydrogens is 222 g/mol. The Morgan fingerprint density at radius 3 is 2.75 bits per heavy atom. The van der Waals surface area contributed by atoms with Crippen molar-refractivity contribution < 1.29 is 9.53 Å². The molecule has 0 spiro atoms. The van der Waals surface area contributed by atoms with Crippen molar-refractivity contribution in [3.63, 3.8) is 0 Å². The summed E-state index contributed by atoms with van der Waals surface area (Å²) in [5.74, 6) is 0.0147. The third-order valence-electron chi connectivity index (χ3n) is 1.95. The van der Waals surface area contributed by atoms with Gasteiger partial charge in [0.2, 0.25) is 5.91 Å². The van der Waals surface area contributed by atoms with E-state index in [0.29, 0.717) is 12.6 Å². The van der Waals surface area contributed by atoms with E-state index < -0.39 is 0 Å². The highest BCUT2D eigenvalue weighted by atomic mass is 79.9. The third kappa shape index (κ3) is 3.11. The van der Waals surface area contributed by atoms with Gasteiger partial charge in [-0.15, -0.1) is 0 Å². The molecule has 0 bridgehead atoms. The van der Waals surface area contributed by atoms with E-state index in [0.717, 1.165) is 18.2 Å². The molecule has 1 aliphatic rings. The zero-order valence-electron chi connectivity index (χ0n) is 7.18. The molecule has 0 aromatic rings. The molecule has 1 rings (SSSR count). The standard InChI is InChI=1S/C8H14BrNO2/c1-6(11)10-5-8-3-2-7(4-9)12-8/h7-8H,2-5H2,1H3,(H,10,11). The van der Waals surface area contributed by atoms with Crippen molar-refractivity contribution in [3.8, 4) is 0 Å². The third-order valence-corrected chi connectivity index (χ3v) is 2.67. The van der Waals surface area contributed by atoms with Crippen LogP contribution < -0.4 is 5.32 Å². The topological polar surface area (TPSA) is 38.3 Å². The molecule has 12 heavy (non-hydrogen) atoms. The van der Waals surface area contributed by atoms with Crippen molar-refractivity contribution >= 4 is 21.8 Å². The molecule has 0 aliphatic carbocycles. The van der Waals surface area contributed by atoms with Gasteiger partial charge < -0.3 is 10.1 Å². The van der Waals surface area contributed by atoms with Gasteiger partial charge in [0.05, 0.1) is 12.2 Å². The van der Waals surface area contributed by atoms with E-state index in [1.165, 1.54) is 6.92 Å². The molecule has 0 aromatic heterocycles. The molecule has 1 amide bonds. The lowest BCUT2D eigenvalue weighted by Gasteiger charge is -2.11. The van der Waals surface area contributed by atoms with Gasteiger partial charge in [-0.25, -0.2) is 0 Å². The quantitative estimate of drug-likeness (QED) is 0.744. The van der Waals surface area contributed by atoms with Crippen LogP contribution in [0.3, 0.4) is 0 Å². The van der Waals surface area contributed by atoms with Gasteiger partial charge in [0.1, 0.15) is 0 Å². The molecule has 0 saturated carbocycles. The number of hydrogen-bond acceptors (Lipinski definition) is 2. The number of rotatable bonds is 3. The number of alkyl halides is 1. The maximum absolute atomic E-state index is 10.6. The Hall–Kier alpha value is -0.0900. The van der Waals surface area contributed by atoms with Crippen LogP contribution in [0, 0.1) is 0 Å². The van der Waals surface area contributed by atoms with Crippen LogP contribution in [0.5, 0.6) is 0 Å². The molecule has 0 radical (unpaired) electrons. The van der Waals surface area contributed by atoms with Gasteiger partial charge in [-0.2, -0.15) is 0 Å². The zero-order chi connectivity index (χ0) is 8.97. The lowest BCUT2D eigenvalue weighted by Crippen LogP contribution is -2.30. The van der Waals surface area contributed by atoms with Gasteiger partial charge in [0, 0.05) is 18.8 Å². The second kappa shape index (κ2) is 4.82. The van der Waals surface area contributed by atoms with E-state index in [1.54, 1.807) is 0 Å². The Balaban J connectivity index is 2.15. The van der Waals surface area contributed by atoms with Crippen LogP contribution in [0.4, 0.5) is 0 Å². The van der Waals surface area contributed by atoms with E-state index in [1.807, 2.05) is 0 Å².